The van der Waals surface area contributed by atoms with Crippen LogP contribution in [0.2, 0.25) is 0 Å². The molecule has 2 aromatic carbocycles. The first-order valence-electron chi connectivity index (χ1n) is 7.36. The smallest absolute Gasteiger partial charge is 0.387 e. The summed E-state index contributed by atoms with van der Waals surface area (Å²) >= 11 is 5.21. The van der Waals surface area contributed by atoms with Crippen LogP contribution >= 0.6 is 12.2 Å². The van der Waals surface area contributed by atoms with Gasteiger partial charge in [-0.05, 0) is 49.0 Å². The monoisotopic (exact) mass is 360 g/mol. The predicted octanol–water partition coefficient (Wildman–Crippen LogP) is 4.40. The molecule has 1 heterocycles. The number of rotatable bonds is 5. The highest BCUT2D eigenvalue weighted by Crippen LogP contribution is 2.18. The summed E-state index contributed by atoms with van der Waals surface area (Å²) in [7, 11) is 0. The summed E-state index contributed by atoms with van der Waals surface area (Å²) in [5.74, 6) is 0.673. The zero-order valence-corrected chi connectivity index (χ0v) is 14.0. The van der Waals surface area contributed by atoms with Crippen molar-refractivity contribution in [3.63, 3.8) is 0 Å². The highest BCUT2D eigenvalue weighted by atomic mass is 32.1. The lowest BCUT2D eigenvalue weighted by atomic mass is 10.1. The van der Waals surface area contributed by atoms with Crippen molar-refractivity contribution in [3.05, 3.63) is 64.4 Å². The van der Waals surface area contributed by atoms with E-state index < -0.39 is 6.61 Å². The van der Waals surface area contributed by atoms with Gasteiger partial charge in [-0.3, -0.25) is 0 Å². The van der Waals surface area contributed by atoms with E-state index in [9.17, 15) is 8.78 Å². The maximum Gasteiger partial charge on any atom is 0.387 e. The van der Waals surface area contributed by atoms with Crippen molar-refractivity contribution >= 4 is 18.4 Å². The number of hydrogen-bond acceptors (Lipinski definition) is 4. The summed E-state index contributed by atoms with van der Waals surface area (Å²) < 4.78 is 30.5. The predicted molar refractivity (Wildman–Crippen MR) is 93.7 cm³/mol. The Morgan fingerprint density at radius 3 is 2.48 bits per heavy atom. The fourth-order valence-corrected chi connectivity index (χ4v) is 2.33. The molecule has 8 heteroatoms. The minimum Gasteiger partial charge on any atom is -0.435 e. The van der Waals surface area contributed by atoms with E-state index in [0.717, 1.165) is 11.1 Å². The molecular formula is C17H14F2N4OS. The second kappa shape index (κ2) is 7.35. The lowest BCUT2D eigenvalue weighted by Crippen LogP contribution is -2.01. The summed E-state index contributed by atoms with van der Waals surface area (Å²) in [4.78, 5) is 0. The van der Waals surface area contributed by atoms with E-state index in [-0.39, 0.29) is 5.75 Å². The van der Waals surface area contributed by atoms with Crippen molar-refractivity contribution in [1.29, 1.82) is 0 Å². The molecule has 0 aliphatic heterocycles. The fraction of sp³-hybridized carbons (Fsp3) is 0.118. The van der Waals surface area contributed by atoms with Crippen LogP contribution in [0.5, 0.6) is 5.75 Å². The van der Waals surface area contributed by atoms with Gasteiger partial charge in [-0.25, -0.2) is 5.10 Å². The molecule has 0 fully saturated rings. The first-order chi connectivity index (χ1) is 12.0. The average molecular weight is 360 g/mol. The van der Waals surface area contributed by atoms with Gasteiger partial charge in [-0.1, -0.05) is 29.8 Å². The molecule has 0 saturated carbocycles. The number of aromatic amines is 1. The molecule has 5 nitrogen and oxygen atoms in total. The second-order valence-corrected chi connectivity index (χ2v) is 5.61. The Morgan fingerprint density at radius 1 is 1.16 bits per heavy atom. The van der Waals surface area contributed by atoms with Gasteiger partial charge >= 0.3 is 6.61 Å². The van der Waals surface area contributed by atoms with E-state index >= 15 is 0 Å². The van der Waals surface area contributed by atoms with Crippen LogP contribution in [0.15, 0.2) is 53.6 Å². The van der Waals surface area contributed by atoms with Crippen molar-refractivity contribution in [3.8, 4) is 17.1 Å². The Labute approximate surface area is 147 Å². The maximum absolute atomic E-state index is 12.2. The Balaban J connectivity index is 1.85. The van der Waals surface area contributed by atoms with Crippen LogP contribution in [0.25, 0.3) is 11.4 Å². The molecule has 25 heavy (non-hydrogen) atoms. The normalized spacial score (nSPS) is 11.4. The zero-order chi connectivity index (χ0) is 17.8. The summed E-state index contributed by atoms with van der Waals surface area (Å²) in [6.45, 7) is -0.846. The number of H-pyrrole nitrogens is 1. The quantitative estimate of drug-likeness (QED) is 0.542. The Bertz CT molecular complexity index is 931. The maximum atomic E-state index is 12.2. The van der Waals surface area contributed by atoms with Gasteiger partial charge in [0.05, 0.1) is 6.21 Å². The van der Waals surface area contributed by atoms with Gasteiger partial charge in [0.15, 0.2) is 5.82 Å². The molecule has 128 valence electrons. The summed E-state index contributed by atoms with van der Waals surface area (Å²) in [6.07, 6.45) is 1.56. The van der Waals surface area contributed by atoms with E-state index in [1.54, 1.807) is 18.3 Å². The molecule has 0 atom stereocenters. The van der Waals surface area contributed by atoms with E-state index in [4.69, 9.17) is 12.2 Å². The van der Waals surface area contributed by atoms with Crippen molar-refractivity contribution < 1.29 is 13.5 Å². The number of ether oxygens (including phenoxy) is 1. The van der Waals surface area contributed by atoms with Gasteiger partial charge in [0, 0.05) is 5.56 Å². The summed E-state index contributed by atoms with van der Waals surface area (Å²) in [5, 5.41) is 11.2. The van der Waals surface area contributed by atoms with Crippen molar-refractivity contribution in [2.75, 3.05) is 0 Å². The lowest BCUT2D eigenvalue weighted by Gasteiger charge is -2.04. The van der Waals surface area contributed by atoms with Crippen molar-refractivity contribution in [2.24, 2.45) is 5.10 Å². The molecule has 1 aromatic heterocycles. The third-order valence-electron chi connectivity index (χ3n) is 3.39. The van der Waals surface area contributed by atoms with Crippen LogP contribution in [0.3, 0.4) is 0 Å². The molecule has 1 N–H and O–H groups in total. The Hall–Kier alpha value is -2.87. The number of halogens is 2. The van der Waals surface area contributed by atoms with Crippen LogP contribution < -0.4 is 4.74 Å². The SMILES string of the molecule is Cc1ccc(-c2n[nH]c(=S)n2/N=C\c2ccc(OC(F)F)cc2)cc1. The Kier molecular flexibility index (Phi) is 4.99. The number of nitrogens with one attached hydrogen (secondary N) is 1. The standard InChI is InChI=1S/C17H14F2N4OS/c1-11-2-6-13(7-3-11)15-21-22-17(25)23(15)20-10-12-4-8-14(9-5-12)24-16(18)19/h2-10,16H,1H3,(H,22,25)/b20-10-. The molecule has 0 unspecified atom stereocenters. The molecule has 0 spiro atoms. The van der Waals surface area contributed by atoms with Gasteiger partial charge in [0.2, 0.25) is 4.77 Å². The number of aromatic nitrogens is 3. The van der Waals surface area contributed by atoms with E-state index in [1.165, 1.54) is 16.8 Å². The first-order valence-corrected chi connectivity index (χ1v) is 7.77. The van der Waals surface area contributed by atoms with Crippen LogP contribution in [0.1, 0.15) is 11.1 Å². The van der Waals surface area contributed by atoms with Crippen molar-refractivity contribution in [2.45, 2.75) is 13.5 Å². The molecule has 3 aromatic rings. The second-order valence-electron chi connectivity index (χ2n) is 5.22. The van der Waals surface area contributed by atoms with Gasteiger partial charge in [0.1, 0.15) is 5.75 Å². The van der Waals surface area contributed by atoms with E-state index in [1.807, 2.05) is 31.2 Å². The average Bonchev–Trinajstić information content (AvgIpc) is 2.95. The van der Waals surface area contributed by atoms with Crippen LogP contribution in [-0.4, -0.2) is 27.7 Å². The summed E-state index contributed by atoms with van der Waals surface area (Å²) in [6, 6.07) is 14.0. The van der Waals surface area contributed by atoms with E-state index in [2.05, 4.69) is 20.0 Å². The molecule has 0 aliphatic carbocycles. The molecule has 0 radical (unpaired) electrons. The van der Waals surface area contributed by atoms with Crippen LogP contribution in [-0.2, 0) is 0 Å². The third kappa shape index (κ3) is 4.16. The topological polar surface area (TPSA) is 55.2 Å². The molecule has 0 amide bonds. The van der Waals surface area contributed by atoms with Crippen LogP contribution in [0, 0.1) is 11.7 Å². The molecule has 0 saturated heterocycles. The highest BCUT2D eigenvalue weighted by Gasteiger charge is 2.08. The minimum absolute atomic E-state index is 0.0902. The largest absolute Gasteiger partial charge is 0.435 e. The van der Waals surface area contributed by atoms with Crippen molar-refractivity contribution in [1.82, 2.24) is 14.9 Å². The van der Waals surface area contributed by atoms with Gasteiger partial charge in [0.25, 0.3) is 0 Å². The van der Waals surface area contributed by atoms with Gasteiger partial charge in [-0.2, -0.15) is 23.7 Å². The molecule has 0 aliphatic rings. The lowest BCUT2D eigenvalue weighted by molar-refractivity contribution is -0.0498. The zero-order valence-electron chi connectivity index (χ0n) is 13.2. The number of nitrogens with zero attached hydrogens (tertiary/aromatic N) is 3. The fourth-order valence-electron chi connectivity index (χ4n) is 2.15. The van der Waals surface area contributed by atoms with E-state index in [0.29, 0.717) is 16.2 Å². The van der Waals surface area contributed by atoms with Gasteiger partial charge in [-0.15, -0.1) is 0 Å². The Morgan fingerprint density at radius 2 is 1.84 bits per heavy atom. The molecular weight excluding hydrogens is 346 g/mol. The number of alkyl halides is 2. The van der Waals surface area contributed by atoms with Crippen LogP contribution in [0.4, 0.5) is 8.78 Å². The molecule has 0 bridgehead atoms. The minimum atomic E-state index is -2.85. The number of aryl methyl sites for hydroxylation is 1. The highest BCUT2D eigenvalue weighted by molar-refractivity contribution is 7.71. The van der Waals surface area contributed by atoms with Gasteiger partial charge < -0.3 is 4.74 Å². The molecule has 3 rings (SSSR count). The first kappa shape index (κ1) is 17.0. The summed E-state index contributed by atoms with van der Waals surface area (Å²) in [5.41, 5.74) is 2.72. The number of hydrogen-bond donors (Lipinski definition) is 1. The third-order valence-corrected chi connectivity index (χ3v) is 3.65. The number of benzene rings is 2.